The second kappa shape index (κ2) is 5.86. The van der Waals surface area contributed by atoms with Gasteiger partial charge in [0.2, 0.25) is 0 Å². The highest BCUT2D eigenvalue weighted by atomic mass is 32.1. The zero-order valence-corrected chi connectivity index (χ0v) is 14.5. The Bertz CT molecular complexity index is 1170. The van der Waals surface area contributed by atoms with Crippen molar-refractivity contribution < 1.29 is 9.53 Å². The smallest absolute Gasteiger partial charge is 0.340 e. The van der Waals surface area contributed by atoms with E-state index >= 15 is 0 Å². The van der Waals surface area contributed by atoms with Crippen LogP contribution in [0.1, 0.15) is 22.3 Å². The number of fused-ring (bicyclic) bond motifs is 3. The summed E-state index contributed by atoms with van der Waals surface area (Å²) in [6.07, 6.45) is 1.52. The molecular weight excluding hydrogens is 338 g/mol. The van der Waals surface area contributed by atoms with Crippen LogP contribution in [0.15, 0.2) is 34.6 Å². The number of rotatable bonds is 3. The molecule has 0 saturated carbocycles. The topological polar surface area (TPSA) is 87.8 Å². The van der Waals surface area contributed by atoms with E-state index in [0.717, 1.165) is 21.7 Å². The zero-order chi connectivity index (χ0) is 17.6. The highest BCUT2D eigenvalue weighted by molar-refractivity contribution is 7.09. The fourth-order valence-corrected chi connectivity index (χ4v) is 3.57. The number of hydrogen-bond acceptors (Lipinski definition) is 5. The molecule has 0 saturated heterocycles. The predicted molar refractivity (Wildman–Crippen MR) is 98.2 cm³/mol. The molecule has 4 rings (SSSR count). The summed E-state index contributed by atoms with van der Waals surface area (Å²) in [5.74, 6) is -0.449. The summed E-state index contributed by atoms with van der Waals surface area (Å²) in [6.45, 7) is 3.98. The first-order valence-corrected chi connectivity index (χ1v) is 8.73. The SMILES string of the molecule is CCOC(=O)c1c[nH]c2c(=O)[nH]c3ccc(-c4csc(C)n4)cc3c12. The van der Waals surface area contributed by atoms with Gasteiger partial charge in [0.05, 0.1) is 22.9 Å². The molecule has 3 heterocycles. The molecule has 3 aromatic heterocycles. The molecule has 0 atom stereocenters. The van der Waals surface area contributed by atoms with Gasteiger partial charge in [-0.2, -0.15) is 0 Å². The number of aryl methyl sites for hydroxylation is 1. The van der Waals surface area contributed by atoms with Crippen LogP contribution in [0.25, 0.3) is 33.1 Å². The lowest BCUT2D eigenvalue weighted by Crippen LogP contribution is -2.08. The van der Waals surface area contributed by atoms with Crippen molar-refractivity contribution in [3.63, 3.8) is 0 Å². The summed E-state index contributed by atoms with van der Waals surface area (Å²) in [4.78, 5) is 34.8. The lowest BCUT2D eigenvalue weighted by atomic mass is 10.0. The van der Waals surface area contributed by atoms with Crippen LogP contribution < -0.4 is 5.56 Å². The lowest BCUT2D eigenvalue weighted by Gasteiger charge is -2.05. The molecule has 0 bridgehead atoms. The number of H-pyrrole nitrogens is 2. The van der Waals surface area contributed by atoms with Gasteiger partial charge in [-0.1, -0.05) is 6.07 Å². The summed E-state index contributed by atoms with van der Waals surface area (Å²) in [5.41, 5.74) is 2.92. The standard InChI is InChI=1S/C18H15N3O3S/c1-3-24-18(23)12-7-19-16-15(12)11-6-10(14-8-25-9(2)20-14)4-5-13(11)21-17(16)22/h4-8,19H,3H2,1-2H3,(H,21,22). The van der Waals surface area contributed by atoms with Gasteiger partial charge in [-0.3, -0.25) is 4.79 Å². The van der Waals surface area contributed by atoms with Gasteiger partial charge in [-0.15, -0.1) is 11.3 Å². The third-order valence-electron chi connectivity index (χ3n) is 4.05. The van der Waals surface area contributed by atoms with Crippen LogP contribution in [-0.4, -0.2) is 27.5 Å². The number of carbonyl (C=O) groups is 1. The van der Waals surface area contributed by atoms with Gasteiger partial charge in [0.15, 0.2) is 0 Å². The van der Waals surface area contributed by atoms with Crippen LogP contribution in [0.2, 0.25) is 0 Å². The summed E-state index contributed by atoms with van der Waals surface area (Å²) in [7, 11) is 0. The number of ether oxygens (including phenoxy) is 1. The fourth-order valence-electron chi connectivity index (χ4n) is 2.95. The minimum Gasteiger partial charge on any atom is -0.462 e. The van der Waals surface area contributed by atoms with E-state index in [0.29, 0.717) is 22.0 Å². The summed E-state index contributed by atoms with van der Waals surface area (Å²) >= 11 is 1.58. The second-order valence-electron chi connectivity index (χ2n) is 5.64. The highest BCUT2D eigenvalue weighted by Crippen LogP contribution is 2.30. The number of esters is 1. The first-order chi connectivity index (χ1) is 12.1. The maximum atomic E-state index is 12.3. The summed E-state index contributed by atoms with van der Waals surface area (Å²) in [5, 5.41) is 4.33. The molecule has 6 nitrogen and oxygen atoms in total. The number of nitrogens with zero attached hydrogens (tertiary/aromatic N) is 1. The summed E-state index contributed by atoms with van der Waals surface area (Å²) in [6, 6.07) is 5.69. The van der Waals surface area contributed by atoms with Gasteiger partial charge in [-0.25, -0.2) is 9.78 Å². The number of hydrogen-bond donors (Lipinski definition) is 2. The normalized spacial score (nSPS) is 11.3. The molecule has 2 N–H and O–H groups in total. The molecule has 4 aromatic rings. The van der Waals surface area contributed by atoms with Crippen molar-refractivity contribution in [2.45, 2.75) is 13.8 Å². The molecule has 1 aromatic carbocycles. The fraction of sp³-hybridized carbons (Fsp3) is 0.167. The monoisotopic (exact) mass is 353 g/mol. The van der Waals surface area contributed by atoms with E-state index in [2.05, 4.69) is 15.0 Å². The Hall–Kier alpha value is -2.93. The van der Waals surface area contributed by atoms with Gasteiger partial charge in [0.25, 0.3) is 5.56 Å². The lowest BCUT2D eigenvalue weighted by molar-refractivity contribution is 0.0529. The van der Waals surface area contributed by atoms with Crippen molar-refractivity contribution in [1.82, 2.24) is 15.0 Å². The molecule has 0 radical (unpaired) electrons. The van der Waals surface area contributed by atoms with Gasteiger partial charge in [0.1, 0.15) is 5.52 Å². The van der Waals surface area contributed by atoms with E-state index in [1.807, 2.05) is 30.5 Å². The van der Waals surface area contributed by atoms with Crippen molar-refractivity contribution in [1.29, 1.82) is 0 Å². The Balaban J connectivity index is 2.04. The quantitative estimate of drug-likeness (QED) is 0.551. The molecule has 7 heteroatoms. The van der Waals surface area contributed by atoms with E-state index in [1.165, 1.54) is 6.20 Å². The first kappa shape index (κ1) is 15.6. The van der Waals surface area contributed by atoms with Gasteiger partial charge >= 0.3 is 5.97 Å². The highest BCUT2D eigenvalue weighted by Gasteiger charge is 2.18. The zero-order valence-electron chi connectivity index (χ0n) is 13.7. The number of carbonyl (C=O) groups excluding carboxylic acids is 1. The number of aromatic amines is 2. The van der Waals surface area contributed by atoms with Crippen molar-refractivity contribution in [2.75, 3.05) is 6.61 Å². The third kappa shape index (κ3) is 2.53. The minimum atomic E-state index is -0.449. The van der Waals surface area contributed by atoms with E-state index in [-0.39, 0.29) is 12.2 Å². The van der Waals surface area contributed by atoms with Crippen LogP contribution in [0, 0.1) is 6.92 Å². The van der Waals surface area contributed by atoms with Crippen LogP contribution >= 0.6 is 11.3 Å². The van der Waals surface area contributed by atoms with Crippen LogP contribution in [-0.2, 0) is 4.74 Å². The second-order valence-corrected chi connectivity index (χ2v) is 6.70. The number of pyridine rings is 1. The maximum absolute atomic E-state index is 12.3. The molecule has 0 aliphatic rings. The summed E-state index contributed by atoms with van der Waals surface area (Å²) < 4.78 is 5.12. The van der Waals surface area contributed by atoms with Crippen molar-refractivity contribution in [3.05, 3.63) is 50.7 Å². The predicted octanol–water partition coefficient (Wildman–Crippen LogP) is 3.62. The van der Waals surface area contributed by atoms with E-state index in [1.54, 1.807) is 18.3 Å². The van der Waals surface area contributed by atoms with Gasteiger partial charge in [-0.05, 0) is 26.0 Å². The molecule has 0 fully saturated rings. The molecule has 0 unspecified atom stereocenters. The Morgan fingerprint density at radius 3 is 2.92 bits per heavy atom. The average Bonchev–Trinajstić information content (AvgIpc) is 3.22. The average molecular weight is 353 g/mol. The molecule has 0 aliphatic carbocycles. The Morgan fingerprint density at radius 1 is 1.36 bits per heavy atom. The Labute approximate surface area is 146 Å². The molecule has 126 valence electrons. The molecule has 0 aliphatic heterocycles. The Morgan fingerprint density at radius 2 is 2.20 bits per heavy atom. The van der Waals surface area contributed by atoms with E-state index in [4.69, 9.17) is 4.74 Å². The largest absolute Gasteiger partial charge is 0.462 e. The number of aromatic nitrogens is 3. The third-order valence-corrected chi connectivity index (χ3v) is 4.83. The van der Waals surface area contributed by atoms with Crippen molar-refractivity contribution in [2.24, 2.45) is 0 Å². The molecule has 0 amide bonds. The van der Waals surface area contributed by atoms with E-state index < -0.39 is 5.97 Å². The maximum Gasteiger partial charge on any atom is 0.340 e. The van der Waals surface area contributed by atoms with Crippen LogP contribution in [0.4, 0.5) is 0 Å². The van der Waals surface area contributed by atoms with Crippen molar-refractivity contribution in [3.8, 4) is 11.3 Å². The number of benzene rings is 1. The number of nitrogens with one attached hydrogen (secondary N) is 2. The number of thiazole rings is 1. The van der Waals surface area contributed by atoms with Gasteiger partial charge in [0, 0.05) is 33.4 Å². The molecular formula is C18H15N3O3S. The molecule has 0 spiro atoms. The van der Waals surface area contributed by atoms with Crippen LogP contribution in [0.5, 0.6) is 0 Å². The van der Waals surface area contributed by atoms with Crippen LogP contribution in [0.3, 0.4) is 0 Å². The van der Waals surface area contributed by atoms with Crippen molar-refractivity contribution >= 4 is 39.1 Å². The van der Waals surface area contributed by atoms with E-state index in [9.17, 15) is 9.59 Å². The van der Waals surface area contributed by atoms with Gasteiger partial charge < -0.3 is 14.7 Å². The first-order valence-electron chi connectivity index (χ1n) is 7.85. The molecule has 25 heavy (non-hydrogen) atoms. The minimum absolute atomic E-state index is 0.268. The Kier molecular flexibility index (Phi) is 3.65.